The van der Waals surface area contributed by atoms with Crippen LogP contribution in [0.2, 0.25) is 4.34 Å². The highest BCUT2D eigenvalue weighted by Gasteiger charge is 2.37. The van der Waals surface area contributed by atoms with E-state index in [9.17, 15) is 19.1 Å². The first-order valence-corrected chi connectivity index (χ1v) is 8.11. The van der Waals surface area contributed by atoms with Crippen LogP contribution in [0.15, 0.2) is 51.1 Å². The van der Waals surface area contributed by atoms with Crippen LogP contribution >= 0.6 is 22.9 Å². The minimum Gasteiger partial charge on any atom is -0.505 e. The van der Waals surface area contributed by atoms with E-state index in [0.29, 0.717) is 15.6 Å². The molecule has 0 saturated carbocycles. The number of Topliss-reactive ketones (excluding diaryl/α,β-unsaturated/α-hetero) is 1. The van der Waals surface area contributed by atoms with Gasteiger partial charge in [0.25, 0.3) is 0 Å². The van der Waals surface area contributed by atoms with Crippen LogP contribution in [-0.2, 0) is 4.79 Å². The summed E-state index contributed by atoms with van der Waals surface area (Å²) in [6.07, 6.45) is -0.644. The lowest BCUT2D eigenvalue weighted by atomic mass is 9.85. The van der Waals surface area contributed by atoms with Gasteiger partial charge in [-0.05, 0) is 24.6 Å². The number of halogens is 2. The molecular weight excluding hydrogens is 357 g/mol. The van der Waals surface area contributed by atoms with Gasteiger partial charge in [0.2, 0.25) is 5.78 Å². The van der Waals surface area contributed by atoms with Gasteiger partial charge in [0.15, 0.2) is 5.76 Å². The van der Waals surface area contributed by atoms with Crippen LogP contribution in [0.3, 0.4) is 0 Å². The van der Waals surface area contributed by atoms with Crippen LogP contribution in [0.1, 0.15) is 29.4 Å². The Kier molecular flexibility index (Phi) is 4.15. The zero-order valence-electron chi connectivity index (χ0n) is 12.4. The van der Waals surface area contributed by atoms with Crippen LogP contribution in [0, 0.1) is 0 Å². The van der Waals surface area contributed by atoms with E-state index in [0.717, 1.165) is 11.3 Å². The van der Waals surface area contributed by atoms with Gasteiger partial charge in [-0.1, -0.05) is 11.6 Å². The van der Waals surface area contributed by atoms with Gasteiger partial charge in [0.1, 0.15) is 5.83 Å². The number of fused-ring (bicyclic) bond motifs is 1. The molecule has 0 aromatic carbocycles. The number of ketones is 1. The molecule has 8 heteroatoms. The van der Waals surface area contributed by atoms with Gasteiger partial charge in [-0.25, -0.2) is 4.39 Å². The lowest BCUT2D eigenvalue weighted by molar-refractivity contribution is -0.136. The predicted octanol–water partition coefficient (Wildman–Crippen LogP) is 4.23. The van der Waals surface area contributed by atoms with Crippen molar-refractivity contribution in [2.45, 2.75) is 19.8 Å². The fourth-order valence-corrected chi connectivity index (χ4v) is 3.73. The van der Waals surface area contributed by atoms with Gasteiger partial charge in [-0.15, -0.1) is 11.3 Å². The molecule has 2 N–H and O–H groups in total. The second-order valence-corrected chi connectivity index (χ2v) is 7.02. The second-order valence-electron chi connectivity index (χ2n) is 5.31. The molecule has 2 aliphatic rings. The van der Waals surface area contributed by atoms with Crippen molar-refractivity contribution < 1.29 is 24.2 Å². The number of hydrogen-bond acceptors (Lipinski definition) is 5. The molecule has 0 fully saturated rings. The Morgan fingerprint density at radius 2 is 2.12 bits per heavy atom. The zero-order chi connectivity index (χ0) is 17.6. The number of aliphatic imine (C=N–C) groups is 1. The third-order valence-corrected chi connectivity index (χ3v) is 4.98. The number of carbonyl (C=O) groups excluding carboxylic acids is 1. The van der Waals surface area contributed by atoms with Gasteiger partial charge in [0, 0.05) is 17.7 Å². The minimum atomic E-state index is -1.10. The first-order chi connectivity index (χ1) is 11.3. The summed E-state index contributed by atoms with van der Waals surface area (Å²) in [4.78, 5) is 28.3. The Hall–Kier alpha value is -2.25. The molecule has 0 atom stereocenters. The molecule has 124 valence electrons. The Labute approximate surface area is 145 Å². The number of aliphatic hydroxyl groups excluding tert-OH is 1. The molecule has 1 aromatic heterocycles. The summed E-state index contributed by atoms with van der Waals surface area (Å²) in [5.41, 5.74) is 0.916. The number of rotatable bonds is 4. The van der Waals surface area contributed by atoms with Crippen LogP contribution < -0.4 is 0 Å². The predicted molar refractivity (Wildman–Crippen MR) is 88.5 cm³/mol. The number of allylic oxidation sites excluding steroid dienone is 4. The van der Waals surface area contributed by atoms with E-state index in [2.05, 4.69) is 4.99 Å². The van der Waals surface area contributed by atoms with E-state index < -0.39 is 23.3 Å². The van der Waals surface area contributed by atoms with Crippen molar-refractivity contribution >= 4 is 40.4 Å². The third kappa shape index (κ3) is 2.70. The summed E-state index contributed by atoms with van der Waals surface area (Å²) in [5.74, 6) is -3.35. The summed E-state index contributed by atoms with van der Waals surface area (Å²) >= 11 is 6.83. The highest BCUT2D eigenvalue weighted by Crippen LogP contribution is 2.41. The standard InChI is InChI=1S/C16H11ClFNO4S/c1-6-7(4-12(20)21)13-9(19-6)5-8(18)15(22)14(13)16(23)10-2-3-11(17)24-10/h2-3,22H,4-5H2,1H3,(H,20,21). The first kappa shape index (κ1) is 16.6. The average Bonchev–Trinajstić information content (AvgIpc) is 3.05. The Morgan fingerprint density at radius 1 is 1.42 bits per heavy atom. The first-order valence-electron chi connectivity index (χ1n) is 6.91. The van der Waals surface area contributed by atoms with Crippen molar-refractivity contribution in [3.8, 4) is 0 Å². The van der Waals surface area contributed by atoms with E-state index in [1.807, 2.05) is 0 Å². The fraction of sp³-hybridized carbons (Fsp3) is 0.188. The van der Waals surface area contributed by atoms with Crippen LogP contribution in [-0.4, -0.2) is 27.7 Å². The summed E-state index contributed by atoms with van der Waals surface area (Å²) in [7, 11) is 0. The van der Waals surface area contributed by atoms with Gasteiger partial charge in [-0.2, -0.15) is 0 Å². The molecule has 1 aromatic rings. The topological polar surface area (TPSA) is 87.0 Å². The molecule has 0 saturated heterocycles. The second kappa shape index (κ2) is 5.99. The Bertz CT molecular complexity index is 907. The Morgan fingerprint density at radius 3 is 2.71 bits per heavy atom. The lowest BCUT2D eigenvalue weighted by Gasteiger charge is -2.19. The molecule has 0 amide bonds. The highest BCUT2D eigenvalue weighted by atomic mass is 35.5. The molecule has 1 aliphatic carbocycles. The summed E-state index contributed by atoms with van der Waals surface area (Å²) in [6.45, 7) is 1.59. The maximum absolute atomic E-state index is 14.1. The van der Waals surface area contributed by atoms with Crippen LogP contribution in [0.5, 0.6) is 0 Å². The quantitative estimate of drug-likeness (QED) is 0.780. The number of carboxylic acids is 1. The van der Waals surface area contributed by atoms with Crippen molar-refractivity contribution in [3.05, 3.63) is 55.3 Å². The van der Waals surface area contributed by atoms with Crippen molar-refractivity contribution in [2.24, 2.45) is 4.99 Å². The van der Waals surface area contributed by atoms with Crippen molar-refractivity contribution in [2.75, 3.05) is 0 Å². The minimum absolute atomic E-state index is 0.211. The molecule has 24 heavy (non-hydrogen) atoms. The molecule has 0 bridgehead atoms. The number of nitrogens with zero attached hydrogens (tertiary/aromatic N) is 1. The monoisotopic (exact) mass is 367 g/mol. The molecule has 0 radical (unpaired) electrons. The molecule has 0 spiro atoms. The number of aliphatic hydroxyl groups is 1. The van der Waals surface area contributed by atoms with E-state index in [1.165, 1.54) is 12.1 Å². The number of aliphatic carboxylic acids is 1. The Balaban J connectivity index is 2.20. The number of carboxylic acid groups (broad SMARTS) is 1. The smallest absolute Gasteiger partial charge is 0.307 e. The van der Waals surface area contributed by atoms with Crippen molar-refractivity contribution in [1.82, 2.24) is 0 Å². The third-order valence-electron chi connectivity index (χ3n) is 3.75. The molecule has 5 nitrogen and oxygen atoms in total. The maximum Gasteiger partial charge on any atom is 0.307 e. The summed E-state index contributed by atoms with van der Waals surface area (Å²) in [5, 5.41) is 19.2. The largest absolute Gasteiger partial charge is 0.505 e. The lowest BCUT2D eigenvalue weighted by Crippen LogP contribution is -2.19. The van der Waals surface area contributed by atoms with E-state index >= 15 is 0 Å². The van der Waals surface area contributed by atoms with Gasteiger partial charge in [0.05, 0.1) is 26.9 Å². The molecule has 0 unspecified atom stereocenters. The summed E-state index contributed by atoms with van der Waals surface area (Å²) < 4.78 is 14.4. The maximum atomic E-state index is 14.1. The van der Waals surface area contributed by atoms with Crippen molar-refractivity contribution in [3.63, 3.8) is 0 Å². The van der Waals surface area contributed by atoms with Crippen LogP contribution in [0.4, 0.5) is 4.39 Å². The normalized spacial score (nSPS) is 17.4. The average molecular weight is 368 g/mol. The number of hydrogen-bond donors (Lipinski definition) is 2. The SMILES string of the molecule is CC1=C(CC(=O)O)C2=C(C(=O)c3ccc(Cl)s3)C(O)=C(F)CC2=N1. The van der Waals surface area contributed by atoms with Crippen molar-refractivity contribution in [1.29, 1.82) is 0 Å². The zero-order valence-corrected chi connectivity index (χ0v) is 14.0. The molecular formula is C16H11ClFNO4S. The van der Waals surface area contributed by atoms with E-state index in [1.54, 1.807) is 6.92 Å². The fourth-order valence-electron chi connectivity index (χ4n) is 2.74. The van der Waals surface area contributed by atoms with Gasteiger partial charge < -0.3 is 10.2 Å². The van der Waals surface area contributed by atoms with E-state index in [-0.39, 0.29) is 34.6 Å². The highest BCUT2D eigenvalue weighted by molar-refractivity contribution is 7.18. The molecule has 1 aliphatic heterocycles. The molecule has 3 rings (SSSR count). The van der Waals surface area contributed by atoms with E-state index in [4.69, 9.17) is 16.7 Å². The number of carbonyl (C=O) groups is 2. The van der Waals surface area contributed by atoms with Gasteiger partial charge in [-0.3, -0.25) is 14.6 Å². The number of thiophene rings is 1. The van der Waals surface area contributed by atoms with Crippen LogP contribution in [0.25, 0.3) is 0 Å². The molecule has 2 heterocycles. The summed E-state index contributed by atoms with van der Waals surface area (Å²) in [6, 6.07) is 3.00. The van der Waals surface area contributed by atoms with Gasteiger partial charge >= 0.3 is 5.97 Å².